The molecule has 6 heteroatoms. The SMILES string of the molecule is CCOC(=O)C1C(C)=NC(=O)NC1c1ccc(CC)s1. The lowest BCUT2D eigenvalue weighted by Gasteiger charge is -2.28. The number of urea groups is 1. The topological polar surface area (TPSA) is 67.8 Å². The highest BCUT2D eigenvalue weighted by atomic mass is 32.1. The minimum Gasteiger partial charge on any atom is -0.465 e. The van der Waals surface area contributed by atoms with Gasteiger partial charge in [0.1, 0.15) is 5.92 Å². The summed E-state index contributed by atoms with van der Waals surface area (Å²) in [6, 6.07) is 3.19. The molecule has 0 aromatic carbocycles. The molecular formula is C14H18N2O3S. The molecule has 0 radical (unpaired) electrons. The average Bonchev–Trinajstić information content (AvgIpc) is 2.86. The van der Waals surface area contributed by atoms with Crippen LogP contribution in [-0.2, 0) is 16.0 Å². The van der Waals surface area contributed by atoms with Crippen LogP contribution >= 0.6 is 11.3 Å². The summed E-state index contributed by atoms with van der Waals surface area (Å²) in [6.45, 7) is 5.85. The van der Waals surface area contributed by atoms with E-state index in [4.69, 9.17) is 4.74 Å². The summed E-state index contributed by atoms with van der Waals surface area (Å²) in [7, 11) is 0. The Bertz CT molecular complexity index is 550. The Kier molecular flexibility index (Phi) is 4.54. The summed E-state index contributed by atoms with van der Waals surface area (Å²) in [5.41, 5.74) is 0.503. The smallest absolute Gasteiger partial charge is 0.341 e. The molecule has 0 bridgehead atoms. The zero-order chi connectivity index (χ0) is 14.7. The Morgan fingerprint density at radius 1 is 1.45 bits per heavy atom. The van der Waals surface area contributed by atoms with Crippen LogP contribution in [-0.4, -0.2) is 24.3 Å². The van der Waals surface area contributed by atoms with E-state index in [9.17, 15) is 9.59 Å². The Labute approximate surface area is 122 Å². The molecular weight excluding hydrogens is 276 g/mol. The third-order valence-electron chi connectivity index (χ3n) is 3.22. The van der Waals surface area contributed by atoms with Gasteiger partial charge in [0.2, 0.25) is 0 Å². The zero-order valence-corrected chi connectivity index (χ0v) is 12.6. The molecule has 0 fully saturated rings. The maximum Gasteiger partial charge on any atom is 0.341 e. The second-order valence-electron chi connectivity index (χ2n) is 4.57. The number of aryl methyl sites for hydroxylation is 1. The van der Waals surface area contributed by atoms with Gasteiger partial charge in [0.25, 0.3) is 0 Å². The Balaban J connectivity index is 2.34. The van der Waals surface area contributed by atoms with Gasteiger partial charge in [-0.15, -0.1) is 11.3 Å². The highest BCUT2D eigenvalue weighted by molar-refractivity contribution is 7.12. The fourth-order valence-electron chi connectivity index (χ4n) is 2.25. The number of aliphatic imine (C=N–C) groups is 1. The normalized spacial score (nSPS) is 22.1. The zero-order valence-electron chi connectivity index (χ0n) is 11.8. The van der Waals surface area contributed by atoms with Crippen molar-refractivity contribution < 1.29 is 14.3 Å². The number of nitrogens with zero attached hydrogens (tertiary/aromatic N) is 1. The second-order valence-corrected chi connectivity index (χ2v) is 5.77. The van der Waals surface area contributed by atoms with Crippen LogP contribution in [0.3, 0.4) is 0 Å². The lowest BCUT2D eigenvalue weighted by molar-refractivity contribution is -0.146. The molecule has 2 rings (SSSR count). The molecule has 1 aliphatic heterocycles. The highest BCUT2D eigenvalue weighted by Crippen LogP contribution is 2.32. The van der Waals surface area contributed by atoms with E-state index in [0.29, 0.717) is 12.3 Å². The number of rotatable bonds is 4. The largest absolute Gasteiger partial charge is 0.465 e. The molecule has 2 atom stereocenters. The number of ether oxygens (including phenoxy) is 1. The van der Waals surface area contributed by atoms with E-state index >= 15 is 0 Å². The van der Waals surface area contributed by atoms with Gasteiger partial charge in [0.05, 0.1) is 12.6 Å². The van der Waals surface area contributed by atoms with Gasteiger partial charge in [0.15, 0.2) is 0 Å². The van der Waals surface area contributed by atoms with Crippen LogP contribution in [0, 0.1) is 5.92 Å². The maximum atomic E-state index is 12.1. The molecule has 0 saturated carbocycles. The molecule has 108 valence electrons. The summed E-state index contributed by atoms with van der Waals surface area (Å²) in [5.74, 6) is -0.888. The summed E-state index contributed by atoms with van der Waals surface area (Å²) in [6.07, 6.45) is 0.933. The van der Waals surface area contributed by atoms with Crippen LogP contribution in [0.1, 0.15) is 36.6 Å². The molecule has 1 aromatic heterocycles. The van der Waals surface area contributed by atoms with Crippen LogP contribution in [0.2, 0.25) is 0 Å². The lowest BCUT2D eigenvalue weighted by Crippen LogP contribution is -2.44. The van der Waals surface area contributed by atoms with E-state index in [1.807, 2.05) is 12.1 Å². The van der Waals surface area contributed by atoms with Crippen molar-refractivity contribution in [2.45, 2.75) is 33.2 Å². The number of hydrogen-bond acceptors (Lipinski definition) is 4. The van der Waals surface area contributed by atoms with Crippen LogP contribution in [0.15, 0.2) is 17.1 Å². The number of hydrogen-bond donors (Lipinski definition) is 1. The summed E-state index contributed by atoms with van der Waals surface area (Å²) in [4.78, 5) is 29.8. The molecule has 5 nitrogen and oxygen atoms in total. The lowest BCUT2D eigenvalue weighted by atomic mass is 9.92. The minimum atomic E-state index is -0.545. The molecule has 2 amide bonds. The minimum absolute atomic E-state index is 0.313. The summed E-state index contributed by atoms with van der Waals surface area (Å²) in [5, 5.41) is 2.77. The fourth-order valence-corrected chi connectivity index (χ4v) is 3.29. The van der Waals surface area contributed by atoms with E-state index in [1.165, 1.54) is 4.88 Å². The molecule has 1 aliphatic rings. The molecule has 2 heterocycles. The van der Waals surface area contributed by atoms with E-state index < -0.39 is 11.9 Å². The van der Waals surface area contributed by atoms with Crippen molar-refractivity contribution in [3.05, 3.63) is 21.9 Å². The van der Waals surface area contributed by atoms with Crippen molar-refractivity contribution in [1.29, 1.82) is 0 Å². The molecule has 0 aliphatic carbocycles. The van der Waals surface area contributed by atoms with Crippen molar-refractivity contribution >= 4 is 29.0 Å². The number of carbonyl (C=O) groups is 2. The van der Waals surface area contributed by atoms with Crippen LogP contribution in [0.5, 0.6) is 0 Å². The first-order valence-corrected chi connectivity index (χ1v) is 7.49. The molecule has 0 saturated heterocycles. The fraction of sp³-hybridized carbons (Fsp3) is 0.500. The Morgan fingerprint density at radius 3 is 2.80 bits per heavy atom. The van der Waals surface area contributed by atoms with E-state index in [2.05, 4.69) is 17.2 Å². The third-order valence-corrected chi connectivity index (χ3v) is 4.53. The van der Waals surface area contributed by atoms with Gasteiger partial charge in [-0.2, -0.15) is 0 Å². The van der Waals surface area contributed by atoms with Crippen molar-refractivity contribution in [3.8, 4) is 0 Å². The van der Waals surface area contributed by atoms with Gasteiger partial charge in [-0.25, -0.2) is 9.79 Å². The van der Waals surface area contributed by atoms with Crippen molar-refractivity contribution in [3.63, 3.8) is 0 Å². The molecule has 20 heavy (non-hydrogen) atoms. The molecule has 1 N–H and O–H groups in total. The predicted molar refractivity (Wildman–Crippen MR) is 78.2 cm³/mol. The van der Waals surface area contributed by atoms with Crippen LogP contribution < -0.4 is 5.32 Å². The Hall–Kier alpha value is -1.69. The van der Waals surface area contributed by atoms with Gasteiger partial charge in [-0.3, -0.25) is 4.79 Å². The van der Waals surface area contributed by atoms with E-state index in [-0.39, 0.29) is 12.0 Å². The number of esters is 1. The summed E-state index contributed by atoms with van der Waals surface area (Å²) >= 11 is 1.61. The highest BCUT2D eigenvalue weighted by Gasteiger charge is 2.38. The van der Waals surface area contributed by atoms with Crippen LogP contribution in [0.25, 0.3) is 0 Å². The number of carbonyl (C=O) groups excluding carboxylic acids is 2. The van der Waals surface area contributed by atoms with Gasteiger partial charge >= 0.3 is 12.0 Å². The van der Waals surface area contributed by atoms with Crippen molar-refractivity contribution in [1.82, 2.24) is 5.32 Å². The first-order chi connectivity index (χ1) is 9.56. The molecule has 0 spiro atoms. The van der Waals surface area contributed by atoms with Gasteiger partial charge < -0.3 is 10.1 Å². The Morgan fingerprint density at radius 2 is 2.20 bits per heavy atom. The number of amides is 2. The standard InChI is InChI=1S/C14H18N2O3S/c1-4-9-6-7-10(20-9)12-11(13(17)19-5-2)8(3)15-14(18)16-12/h6-7,11-12H,4-5H2,1-3H3,(H,16,18). The summed E-state index contributed by atoms with van der Waals surface area (Å²) < 4.78 is 5.11. The second kappa shape index (κ2) is 6.17. The van der Waals surface area contributed by atoms with Gasteiger partial charge in [-0.1, -0.05) is 6.92 Å². The van der Waals surface area contributed by atoms with Crippen molar-refractivity contribution in [2.75, 3.05) is 6.61 Å². The number of thiophene rings is 1. The van der Waals surface area contributed by atoms with Crippen molar-refractivity contribution in [2.24, 2.45) is 10.9 Å². The van der Waals surface area contributed by atoms with E-state index in [0.717, 1.165) is 11.3 Å². The maximum absolute atomic E-state index is 12.1. The first kappa shape index (κ1) is 14.7. The van der Waals surface area contributed by atoms with Gasteiger partial charge in [0, 0.05) is 15.5 Å². The first-order valence-electron chi connectivity index (χ1n) is 6.67. The molecule has 1 aromatic rings. The van der Waals surface area contributed by atoms with Crippen LogP contribution in [0.4, 0.5) is 4.79 Å². The third kappa shape index (κ3) is 2.90. The predicted octanol–water partition coefficient (Wildman–Crippen LogP) is 2.72. The average molecular weight is 294 g/mol. The monoisotopic (exact) mass is 294 g/mol. The molecule has 2 unspecified atom stereocenters. The number of nitrogens with one attached hydrogen (secondary N) is 1. The van der Waals surface area contributed by atoms with E-state index in [1.54, 1.807) is 25.2 Å². The van der Waals surface area contributed by atoms with Gasteiger partial charge in [-0.05, 0) is 32.4 Å². The quantitative estimate of drug-likeness (QED) is 0.868.